The first-order valence-electron chi connectivity index (χ1n) is 24.4. The number of benzene rings is 7. The van der Waals surface area contributed by atoms with Crippen molar-refractivity contribution in [1.29, 1.82) is 0 Å². The number of alkyl halides is 1. The van der Waals surface area contributed by atoms with Crippen LogP contribution < -0.4 is 21.3 Å². The second kappa shape index (κ2) is 22.4. The molecule has 1 saturated carbocycles. The van der Waals surface area contributed by atoms with Crippen molar-refractivity contribution in [3.8, 4) is 11.1 Å². The monoisotopic (exact) mass is 976 g/mol. The third-order valence-electron chi connectivity index (χ3n) is 12.9. The lowest BCUT2D eigenvalue weighted by Crippen LogP contribution is -2.17. The third-order valence-corrected chi connectivity index (χ3v) is 15.4. The van der Waals surface area contributed by atoms with E-state index in [1.807, 2.05) is 60.7 Å². The molecule has 9 aromatic rings. The van der Waals surface area contributed by atoms with Crippen LogP contribution in [0.3, 0.4) is 0 Å². The summed E-state index contributed by atoms with van der Waals surface area (Å²) < 4.78 is 20.3. The third kappa shape index (κ3) is 11.3. The standard InChI is InChI=1S/C59H57FN8OS2/c1-38(2)46-21-9-11-23-49(46)64-56-47-22-10-12-24-50(47)65-58(67-56)61-36-43-17-5-14-26-53(43)71-55-33-40(28-29-41(55)34-60)39-30-31-51-48(32-39)57(63-45-19-7-8-20-45)68-59(66-51)62-35-42-16-4-13-25-52(42)70-54-27-15-6-18-44(54)37-69-3/h4-6,9-18,21-33,38,45H,7-8,19-20,34-37H2,1-3H3,(H2,61,64,65,67)(H2,62,63,66,68). The van der Waals surface area contributed by atoms with Gasteiger partial charge in [0, 0.05) is 62.3 Å². The molecule has 12 heteroatoms. The van der Waals surface area contributed by atoms with E-state index >= 15 is 0 Å². The summed E-state index contributed by atoms with van der Waals surface area (Å²) >= 11 is 3.32. The van der Waals surface area contributed by atoms with E-state index in [4.69, 9.17) is 24.7 Å². The molecule has 0 radical (unpaired) electrons. The van der Waals surface area contributed by atoms with E-state index in [1.165, 1.54) is 23.3 Å². The number of para-hydroxylation sites is 2. The van der Waals surface area contributed by atoms with Crippen LogP contribution in [0, 0.1) is 0 Å². The van der Waals surface area contributed by atoms with E-state index in [0.29, 0.717) is 49.1 Å². The van der Waals surface area contributed by atoms with Crippen LogP contribution in [-0.4, -0.2) is 33.1 Å². The summed E-state index contributed by atoms with van der Waals surface area (Å²) in [5.74, 6) is 2.99. The number of hydrogen-bond donors (Lipinski definition) is 4. The molecule has 9 nitrogen and oxygen atoms in total. The molecule has 7 aromatic carbocycles. The van der Waals surface area contributed by atoms with E-state index in [2.05, 4.69) is 132 Å². The highest BCUT2D eigenvalue weighted by molar-refractivity contribution is 7.99. The molecule has 1 aliphatic rings. The number of hydrogen-bond acceptors (Lipinski definition) is 11. The Balaban J connectivity index is 0.898. The van der Waals surface area contributed by atoms with Gasteiger partial charge in [-0.15, -0.1) is 0 Å². The lowest BCUT2D eigenvalue weighted by atomic mass is 10.0. The zero-order valence-corrected chi connectivity index (χ0v) is 41.8. The van der Waals surface area contributed by atoms with Gasteiger partial charge in [0.25, 0.3) is 0 Å². The second-order valence-corrected chi connectivity index (χ2v) is 20.3. The summed E-state index contributed by atoms with van der Waals surface area (Å²) in [6, 6.07) is 54.2. The number of methoxy groups -OCH3 is 1. The Hall–Kier alpha value is -6.99. The first kappa shape index (κ1) is 47.7. The fraction of sp³-hybridized carbons (Fsp3) is 0.220. The number of rotatable bonds is 19. The summed E-state index contributed by atoms with van der Waals surface area (Å²) in [5.41, 5.74) is 9.92. The van der Waals surface area contributed by atoms with Gasteiger partial charge in [0.1, 0.15) is 18.3 Å². The summed E-state index contributed by atoms with van der Waals surface area (Å²) in [4.78, 5) is 24.3. The quantitative estimate of drug-likeness (QED) is 0.0622. The fourth-order valence-electron chi connectivity index (χ4n) is 9.16. The van der Waals surface area contributed by atoms with Crippen LogP contribution in [0.4, 0.5) is 33.6 Å². The lowest BCUT2D eigenvalue weighted by Gasteiger charge is -2.18. The summed E-state index contributed by atoms with van der Waals surface area (Å²) in [6.07, 6.45) is 4.60. The van der Waals surface area contributed by atoms with Crippen LogP contribution in [0.15, 0.2) is 177 Å². The van der Waals surface area contributed by atoms with Gasteiger partial charge in [-0.3, -0.25) is 0 Å². The molecule has 0 atom stereocenters. The van der Waals surface area contributed by atoms with E-state index < -0.39 is 6.67 Å². The fourth-order valence-corrected chi connectivity index (χ4v) is 11.3. The molecule has 10 rings (SSSR count). The summed E-state index contributed by atoms with van der Waals surface area (Å²) in [5, 5.41) is 16.4. The molecule has 1 fully saturated rings. The molecular formula is C59H57FN8OS2. The van der Waals surface area contributed by atoms with Gasteiger partial charge in [0.05, 0.1) is 17.6 Å². The smallest absolute Gasteiger partial charge is 0.225 e. The molecule has 0 spiro atoms. The van der Waals surface area contributed by atoms with Gasteiger partial charge < -0.3 is 26.0 Å². The van der Waals surface area contributed by atoms with E-state index in [-0.39, 0.29) is 0 Å². The van der Waals surface area contributed by atoms with Gasteiger partial charge in [-0.1, -0.05) is 153 Å². The Morgan fingerprint density at radius 2 is 1.13 bits per heavy atom. The Bertz CT molecular complexity index is 3310. The molecule has 0 amide bonds. The minimum absolute atomic E-state index is 0.342. The zero-order valence-electron chi connectivity index (χ0n) is 40.2. The number of anilines is 5. The predicted molar refractivity (Wildman–Crippen MR) is 292 cm³/mol. The van der Waals surface area contributed by atoms with E-state index in [9.17, 15) is 4.39 Å². The van der Waals surface area contributed by atoms with Gasteiger partial charge in [-0.25, -0.2) is 14.4 Å². The zero-order chi connectivity index (χ0) is 48.5. The van der Waals surface area contributed by atoms with Crippen LogP contribution in [-0.2, 0) is 31.1 Å². The lowest BCUT2D eigenvalue weighted by molar-refractivity contribution is 0.183. The average Bonchev–Trinajstić information content (AvgIpc) is 3.92. The Morgan fingerprint density at radius 3 is 1.82 bits per heavy atom. The van der Waals surface area contributed by atoms with Crippen LogP contribution in [0.2, 0.25) is 0 Å². The van der Waals surface area contributed by atoms with Crippen molar-refractivity contribution in [2.24, 2.45) is 0 Å². The van der Waals surface area contributed by atoms with Crippen molar-refractivity contribution in [2.45, 2.75) is 97.4 Å². The number of ether oxygens (including phenoxy) is 1. The van der Waals surface area contributed by atoms with Crippen molar-refractivity contribution in [3.63, 3.8) is 0 Å². The van der Waals surface area contributed by atoms with Crippen molar-refractivity contribution >= 4 is 74.5 Å². The first-order chi connectivity index (χ1) is 34.9. The van der Waals surface area contributed by atoms with Gasteiger partial charge in [-0.05, 0) is 112 Å². The van der Waals surface area contributed by atoms with Gasteiger partial charge in [0.2, 0.25) is 11.9 Å². The van der Waals surface area contributed by atoms with Crippen molar-refractivity contribution < 1.29 is 9.13 Å². The molecule has 4 N–H and O–H groups in total. The highest BCUT2D eigenvalue weighted by Crippen LogP contribution is 2.39. The van der Waals surface area contributed by atoms with E-state index in [0.717, 1.165) is 94.5 Å². The highest BCUT2D eigenvalue weighted by Gasteiger charge is 2.20. The number of nitrogens with one attached hydrogen (secondary N) is 4. The van der Waals surface area contributed by atoms with Gasteiger partial charge in [-0.2, -0.15) is 9.97 Å². The maximum Gasteiger partial charge on any atom is 0.225 e. The van der Waals surface area contributed by atoms with Crippen LogP contribution in [0.25, 0.3) is 32.9 Å². The molecule has 0 saturated heterocycles. The molecule has 0 aliphatic heterocycles. The second-order valence-electron chi connectivity index (χ2n) is 18.2. The normalized spacial score (nSPS) is 12.7. The highest BCUT2D eigenvalue weighted by atomic mass is 32.2. The molecule has 0 unspecified atom stereocenters. The van der Waals surface area contributed by atoms with Crippen LogP contribution >= 0.6 is 23.5 Å². The van der Waals surface area contributed by atoms with Gasteiger partial charge >= 0.3 is 0 Å². The summed E-state index contributed by atoms with van der Waals surface area (Å²) in [6.45, 7) is 5.40. The van der Waals surface area contributed by atoms with Crippen LogP contribution in [0.5, 0.6) is 0 Å². The topological polar surface area (TPSA) is 109 Å². The van der Waals surface area contributed by atoms with Crippen molar-refractivity contribution in [1.82, 2.24) is 19.9 Å². The molecular weight excluding hydrogens is 920 g/mol. The first-order valence-corrected chi connectivity index (χ1v) is 26.0. The number of aromatic nitrogens is 4. The van der Waals surface area contributed by atoms with Gasteiger partial charge in [0.15, 0.2) is 0 Å². The maximum atomic E-state index is 14.8. The molecule has 71 heavy (non-hydrogen) atoms. The minimum Gasteiger partial charge on any atom is -0.380 e. The molecule has 2 heterocycles. The Morgan fingerprint density at radius 1 is 0.563 bits per heavy atom. The molecule has 0 bridgehead atoms. The largest absolute Gasteiger partial charge is 0.380 e. The predicted octanol–water partition coefficient (Wildman–Crippen LogP) is 15.6. The van der Waals surface area contributed by atoms with Crippen molar-refractivity contribution in [2.75, 3.05) is 28.4 Å². The minimum atomic E-state index is -0.579. The molecule has 358 valence electrons. The van der Waals surface area contributed by atoms with E-state index in [1.54, 1.807) is 30.6 Å². The average molecular weight is 977 g/mol. The number of halogens is 1. The number of fused-ring (bicyclic) bond motifs is 2. The maximum absolute atomic E-state index is 14.8. The molecule has 2 aromatic heterocycles. The van der Waals surface area contributed by atoms with Crippen LogP contribution in [0.1, 0.15) is 73.3 Å². The summed E-state index contributed by atoms with van der Waals surface area (Å²) in [7, 11) is 1.73. The molecule has 1 aliphatic carbocycles. The Kier molecular flexibility index (Phi) is 15.0. The number of nitrogens with zero attached hydrogens (tertiary/aromatic N) is 4. The van der Waals surface area contributed by atoms with Crippen molar-refractivity contribution in [3.05, 3.63) is 186 Å². The Labute approximate surface area is 423 Å². The SMILES string of the molecule is COCc1ccccc1Sc1ccccc1CNc1nc(NC2CCCC2)c2cc(-c3ccc(CF)c(Sc4ccccc4CNc4nc(Nc5ccccc5C(C)C)c5ccccc5n4)c3)ccc2n1.